The normalized spacial score (nSPS) is 16.0. The molecule has 0 unspecified atom stereocenters. The molecule has 1 aliphatic rings. The first-order valence-corrected chi connectivity index (χ1v) is 7.86. The Labute approximate surface area is 125 Å². The van der Waals surface area contributed by atoms with Crippen LogP contribution in [0.2, 0.25) is 0 Å². The summed E-state index contributed by atoms with van der Waals surface area (Å²) >= 11 is 0. The van der Waals surface area contributed by atoms with Gasteiger partial charge in [-0.25, -0.2) is 0 Å². The fourth-order valence-corrected chi connectivity index (χ4v) is 3.04. The molecule has 0 atom stereocenters. The molecule has 1 aromatic carbocycles. The molecule has 1 aliphatic carbocycles. The van der Waals surface area contributed by atoms with E-state index in [1.807, 2.05) is 37.4 Å². The topological polar surface area (TPSA) is 53.1 Å². The molecule has 0 bridgehead atoms. The van der Waals surface area contributed by atoms with Gasteiger partial charge in [0.2, 0.25) is 0 Å². The molecule has 0 radical (unpaired) electrons. The Bertz CT molecular complexity index is 583. The third-order valence-corrected chi connectivity index (χ3v) is 4.15. The lowest BCUT2D eigenvalue weighted by atomic mass is 9.96. The van der Waals surface area contributed by atoms with E-state index in [1.165, 1.54) is 32.1 Å². The number of hydrogen-bond donors (Lipinski definition) is 1. The van der Waals surface area contributed by atoms with Crippen molar-refractivity contribution in [2.45, 2.75) is 45.1 Å². The molecule has 1 heterocycles. The first kappa shape index (κ1) is 14.0. The van der Waals surface area contributed by atoms with Crippen molar-refractivity contribution in [3.63, 3.8) is 0 Å². The molecule has 0 aliphatic heterocycles. The van der Waals surface area contributed by atoms with Gasteiger partial charge in [-0.05, 0) is 44.0 Å². The predicted molar refractivity (Wildman–Crippen MR) is 85.4 cm³/mol. The van der Waals surface area contributed by atoms with Crippen LogP contribution in [0.5, 0.6) is 5.75 Å². The van der Waals surface area contributed by atoms with E-state index in [2.05, 4.69) is 4.68 Å². The van der Waals surface area contributed by atoms with Crippen LogP contribution in [0.1, 0.15) is 45.1 Å². The Balaban J connectivity index is 1.83. The lowest BCUT2D eigenvalue weighted by Crippen LogP contribution is -2.13. The lowest BCUT2D eigenvalue weighted by molar-refractivity contribution is 0.330. The molecule has 2 N–H and O–H groups in total. The summed E-state index contributed by atoms with van der Waals surface area (Å²) in [6, 6.07) is 8.50. The predicted octanol–water partition coefficient (Wildman–Crippen LogP) is 4.04. The Kier molecular flexibility index (Phi) is 4.13. The van der Waals surface area contributed by atoms with Gasteiger partial charge in [-0.3, -0.25) is 4.68 Å². The molecule has 1 aromatic heterocycles. The largest absolute Gasteiger partial charge is 0.494 e. The Morgan fingerprint density at radius 3 is 2.57 bits per heavy atom. The first-order valence-electron chi connectivity index (χ1n) is 7.86. The molecule has 3 rings (SSSR count). The average Bonchev–Trinajstić information content (AvgIpc) is 2.91. The minimum absolute atomic E-state index is 0.512. The summed E-state index contributed by atoms with van der Waals surface area (Å²) in [7, 11) is 0. The number of hydrogen-bond acceptors (Lipinski definition) is 3. The first-order chi connectivity index (χ1) is 10.3. The maximum absolute atomic E-state index is 6.16. The summed E-state index contributed by atoms with van der Waals surface area (Å²) in [5, 5.41) is 4.73. The van der Waals surface area contributed by atoms with E-state index in [0.717, 1.165) is 22.7 Å². The number of ether oxygens (including phenoxy) is 1. The highest BCUT2D eigenvalue weighted by molar-refractivity contribution is 5.72. The molecule has 4 heteroatoms. The molecular weight excluding hydrogens is 262 g/mol. The van der Waals surface area contributed by atoms with Gasteiger partial charge in [0.25, 0.3) is 0 Å². The summed E-state index contributed by atoms with van der Waals surface area (Å²) in [5.41, 5.74) is 8.84. The van der Waals surface area contributed by atoms with Gasteiger partial charge < -0.3 is 10.5 Å². The summed E-state index contributed by atoms with van der Waals surface area (Å²) in [6.07, 6.45) is 8.35. The Morgan fingerprint density at radius 1 is 1.19 bits per heavy atom. The number of nitrogens with zero attached hydrogens (tertiary/aromatic N) is 2. The highest BCUT2D eigenvalue weighted by Gasteiger charge is 2.18. The van der Waals surface area contributed by atoms with Crippen molar-refractivity contribution in [3.05, 3.63) is 30.5 Å². The average molecular weight is 285 g/mol. The van der Waals surface area contributed by atoms with Crippen LogP contribution in [-0.2, 0) is 0 Å². The molecule has 0 spiro atoms. The molecule has 21 heavy (non-hydrogen) atoms. The van der Waals surface area contributed by atoms with Crippen LogP contribution in [-0.4, -0.2) is 16.4 Å². The van der Waals surface area contributed by atoms with Gasteiger partial charge in [0.1, 0.15) is 11.4 Å². The molecule has 1 saturated carbocycles. The van der Waals surface area contributed by atoms with Gasteiger partial charge in [-0.2, -0.15) is 5.10 Å². The zero-order valence-electron chi connectivity index (χ0n) is 12.6. The van der Waals surface area contributed by atoms with Crippen LogP contribution in [0.4, 0.5) is 5.69 Å². The van der Waals surface area contributed by atoms with E-state index in [-0.39, 0.29) is 0 Å². The number of nitrogen functional groups attached to an aromatic ring is 1. The van der Waals surface area contributed by atoms with Crippen LogP contribution in [0.3, 0.4) is 0 Å². The number of anilines is 1. The van der Waals surface area contributed by atoms with Crippen molar-refractivity contribution in [2.24, 2.45) is 0 Å². The van der Waals surface area contributed by atoms with Crippen LogP contribution in [0.15, 0.2) is 30.5 Å². The monoisotopic (exact) mass is 285 g/mol. The maximum Gasteiger partial charge on any atom is 0.119 e. The van der Waals surface area contributed by atoms with E-state index in [0.29, 0.717) is 12.6 Å². The van der Waals surface area contributed by atoms with Gasteiger partial charge in [0.05, 0.1) is 18.3 Å². The van der Waals surface area contributed by atoms with Crippen LogP contribution in [0, 0.1) is 0 Å². The van der Waals surface area contributed by atoms with Gasteiger partial charge in [-0.1, -0.05) is 19.3 Å². The van der Waals surface area contributed by atoms with Gasteiger partial charge in [0.15, 0.2) is 0 Å². The molecular formula is C17H23N3O. The second kappa shape index (κ2) is 6.20. The third-order valence-electron chi connectivity index (χ3n) is 4.15. The van der Waals surface area contributed by atoms with E-state index in [4.69, 9.17) is 15.6 Å². The summed E-state index contributed by atoms with van der Waals surface area (Å²) in [5.74, 6) is 0.881. The minimum Gasteiger partial charge on any atom is -0.494 e. The molecule has 4 nitrogen and oxygen atoms in total. The second-order valence-corrected chi connectivity index (χ2v) is 5.66. The molecule has 1 fully saturated rings. The smallest absolute Gasteiger partial charge is 0.119 e. The number of aromatic nitrogens is 2. The minimum atomic E-state index is 0.512. The third kappa shape index (κ3) is 3.04. The fourth-order valence-electron chi connectivity index (χ4n) is 3.04. The van der Waals surface area contributed by atoms with Crippen molar-refractivity contribution in [1.82, 2.24) is 9.78 Å². The maximum atomic E-state index is 6.16. The summed E-state index contributed by atoms with van der Waals surface area (Å²) in [6.45, 7) is 2.66. The van der Waals surface area contributed by atoms with E-state index in [9.17, 15) is 0 Å². The standard InChI is InChI=1S/C17H23N3O/c1-2-21-15-10-8-13(9-11-15)17-16(18)12-20(19-17)14-6-4-3-5-7-14/h8-12,14H,2-7,18H2,1H3. The summed E-state index contributed by atoms with van der Waals surface area (Å²) in [4.78, 5) is 0. The number of benzene rings is 1. The van der Waals surface area contributed by atoms with Crippen molar-refractivity contribution in [1.29, 1.82) is 0 Å². The Morgan fingerprint density at radius 2 is 1.90 bits per heavy atom. The summed E-state index contributed by atoms with van der Waals surface area (Å²) < 4.78 is 7.54. The van der Waals surface area contributed by atoms with Gasteiger partial charge in [0, 0.05) is 11.8 Å². The van der Waals surface area contributed by atoms with Crippen LogP contribution >= 0.6 is 0 Å². The zero-order chi connectivity index (χ0) is 14.7. The van der Waals surface area contributed by atoms with Gasteiger partial charge >= 0.3 is 0 Å². The Hall–Kier alpha value is -1.97. The molecule has 0 amide bonds. The van der Waals surface area contributed by atoms with Crippen molar-refractivity contribution >= 4 is 5.69 Å². The van der Waals surface area contributed by atoms with Crippen molar-refractivity contribution < 1.29 is 4.74 Å². The highest BCUT2D eigenvalue weighted by atomic mass is 16.5. The van der Waals surface area contributed by atoms with Crippen molar-refractivity contribution in [3.8, 4) is 17.0 Å². The van der Waals surface area contributed by atoms with Gasteiger partial charge in [-0.15, -0.1) is 0 Å². The molecule has 112 valence electrons. The quantitative estimate of drug-likeness (QED) is 0.922. The van der Waals surface area contributed by atoms with Crippen molar-refractivity contribution in [2.75, 3.05) is 12.3 Å². The molecule has 0 saturated heterocycles. The van der Waals surface area contributed by atoms with E-state index < -0.39 is 0 Å². The SMILES string of the molecule is CCOc1ccc(-c2nn(C3CCCCC3)cc2N)cc1. The van der Waals surface area contributed by atoms with E-state index >= 15 is 0 Å². The van der Waals surface area contributed by atoms with Crippen LogP contribution in [0.25, 0.3) is 11.3 Å². The fraction of sp³-hybridized carbons (Fsp3) is 0.471. The second-order valence-electron chi connectivity index (χ2n) is 5.66. The highest BCUT2D eigenvalue weighted by Crippen LogP contribution is 2.32. The van der Waals surface area contributed by atoms with E-state index in [1.54, 1.807) is 0 Å². The number of rotatable bonds is 4. The van der Waals surface area contributed by atoms with Crippen LogP contribution < -0.4 is 10.5 Å². The number of nitrogens with two attached hydrogens (primary N) is 1. The molecule has 2 aromatic rings. The zero-order valence-corrected chi connectivity index (χ0v) is 12.6. The lowest BCUT2D eigenvalue weighted by Gasteiger charge is -2.21.